The molecule has 1 amide bonds. The first-order chi connectivity index (χ1) is 16.1. The summed E-state index contributed by atoms with van der Waals surface area (Å²) in [5.41, 5.74) is 8.71. The van der Waals surface area contributed by atoms with Crippen molar-refractivity contribution in [3.63, 3.8) is 0 Å². The van der Waals surface area contributed by atoms with E-state index < -0.39 is 0 Å². The normalized spacial score (nSPS) is 14.1. The molecule has 2 heterocycles. The number of rotatable bonds is 9. The van der Waals surface area contributed by atoms with E-state index in [1.54, 1.807) is 35.1 Å². The number of nitrogens with one attached hydrogen (secondary N) is 1. The molecule has 3 N–H and O–H groups in total. The first kappa shape index (κ1) is 22.6. The van der Waals surface area contributed by atoms with Crippen LogP contribution >= 0.6 is 0 Å². The molecule has 1 aliphatic heterocycles. The van der Waals surface area contributed by atoms with Crippen molar-refractivity contribution in [1.29, 1.82) is 0 Å². The van der Waals surface area contributed by atoms with E-state index in [0.29, 0.717) is 23.7 Å². The lowest BCUT2D eigenvalue weighted by atomic mass is 10.1. The number of carbonyl (C=O) groups excluding carboxylic acids is 1. The number of anilines is 2. The second-order valence-corrected chi connectivity index (χ2v) is 7.76. The minimum atomic E-state index is -0.260. The molecule has 0 unspecified atom stereocenters. The second kappa shape index (κ2) is 10.8. The second-order valence-electron chi connectivity index (χ2n) is 7.76. The quantitative estimate of drug-likeness (QED) is 0.482. The van der Waals surface area contributed by atoms with E-state index in [2.05, 4.69) is 15.3 Å². The number of aromatic nitrogens is 2. The Labute approximate surface area is 193 Å². The van der Waals surface area contributed by atoms with Crippen LogP contribution in [0.15, 0.2) is 54.7 Å². The van der Waals surface area contributed by atoms with Gasteiger partial charge in [-0.2, -0.15) is 5.10 Å². The summed E-state index contributed by atoms with van der Waals surface area (Å²) in [6.07, 6.45) is 1.73. The van der Waals surface area contributed by atoms with Crippen molar-refractivity contribution in [2.24, 2.45) is 7.05 Å². The van der Waals surface area contributed by atoms with Gasteiger partial charge in [-0.25, -0.2) is 0 Å². The van der Waals surface area contributed by atoms with E-state index in [-0.39, 0.29) is 12.5 Å². The third kappa shape index (κ3) is 6.24. The van der Waals surface area contributed by atoms with Crippen LogP contribution in [0.4, 0.5) is 11.4 Å². The first-order valence-corrected chi connectivity index (χ1v) is 10.9. The van der Waals surface area contributed by atoms with Crippen molar-refractivity contribution in [3.8, 4) is 22.8 Å². The lowest BCUT2D eigenvalue weighted by Crippen LogP contribution is -2.38. The van der Waals surface area contributed by atoms with Crippen LogP contribution in [0.5, 0.6) is 11.5 Å². The van der Waals surface area contributed by atoms with Crippen LogP contribution in [0.1, 0.15) is 0 Å². The topological polar surface area (TPSA) is 104 Å². The molecule has 0 saturated carbocycles. The van der Waals surface area contributed by atoms with Crippen LogP contribution in [0.3, 0.4) is 0 Å². The van der Waals surface area contributed by atoms with E-state index in [1.807, 2.05) is 31.3 Å². The van der Waals surface area contributed by atoms with Crippen LogP contribution in [-0.4, -0.2) is 66.6 Å². The van der Waals surface area contributed by atoms with Gasteiger partial charge < -0.3 is 25.3 Å². The Bertz CT molecular complexity index is 1060. The molecule has 9 nitrogen and oxygen atoms in total. The van der Waals surface area contributed by atoms with Gasteiger partial charge in [0, 0.05) is 49.8 Å². The molecule has 3 aromatic rings. The van der Waals surface area contributed by atoms with Gasteiger partial charge in [0.15, 0.2) is 6.61 Å². The summed E-state index contributed by atoms with van der Waals surface area (Å²) in [6.45, 7) is 4.64. The first-order valence-electron chi connectivity index (χ1n) is 10.9. The Morgan fingerprint density at radius 2 is 1.91 bits per heavy atom. The van der Waals surface area contributed by atoms with Gasteiger partial charge in [-0.3, -0.25) is 14.4 Å². The van der Waals surface area contributed by atoms with E-state index in [1.165, 1.54) is 0 Å². The highest BCUT2D eigenvalue weighted by atomic mass is 16.5. The molecule has 0 aliphatic carbocycles. The number of carbonyl (C=O) groups is 1. The fourth-order valence-corrected chi connectivity index (χ4v) is 3.59. The van der Waals surface area contributed by atoms with Gasteiger partial charge in [0.2, 0.25) is 0 Å². The fraction of sp³-hybridized carbons (Fsp3) is 0.333. The van der Waals surface area contributed by atoms with E-state index in [4.69, 9.17) is 19.9 Å². The molecule has 1 saturated heterocycles. The Hall–Kier alpha value is -3.56. The summed E-state index contributed by atoms with van der Waals surface area (Å²) in [5, 5.41) is 7.15. The summed E-state index contributed by atoms with van der Waals surface area (Å²) in [5.74, 6) is 1.06. The third-order valence-corrected chi connectivity index (χ3v) is 5.38. The predicted octanol–water partition coefficient (Wildman–Crippen LogP) is 2.40. The molecule has 33 heavy (non-hydrogen) atoms. The molecular weight excluding hydrogens is 422 g/mol. The van der Waals surface area contributed by atoms with Crippen molar-refractivity contribution in [1.82, 2.24) is 14.7 Å². The molecule has 0 bridgehead atoms. The summed E-state index contributed by atoms with van der Waals surface area (Å²) in [7, 11) is 1.87. The smallest absolute Gasteiger partial charge is 0.262 e. The number of hydrogen-bond donors (Lipinski definition) is 2. The SMILES string of the molecule is Cn1nccc1-c1cc(NC(=O)COc2ccc(N)cc2)ccc1OCCN1CCOCC1. The lowest BCUT2D eigenvalue weighted by Gasteiger charge is -2.26. The van der Waals surface area contributed by atoms with Gasteiger partial charge in [-0.05, 0) is 48.5 Å². The summed E-state index contributed by atoms with van der Waals surface area (Å²) in [6, 6.07) is 14.4. The zero-order chi connectivity index (χ0) is 23.0. The Balaban J connectivity index is 1.41. The van der Waals surface area contributed by atoms with Crippen LogP contribution in [0, 0.1) is 0 Å². The standard InChI is InChI=1S/C24H29N5O4/c1-28-22(8-9-26-28)21-16-19(27-24(30)17-33-20-5-2-18(25)3-6-20)4-7-23(21)32-15-12-29-10-13-31-14-11-29/h2-9,16H,10-15,17,25H2,1H3,(H,27,30). The van der Waals surface area contributed by atoms with E-state index >= 15 is 0 Å². The minimum absolute atomic E-state index is 0.108. The number of nitrogens with zero attached hydrogens (tertiary/aromatic N) is 3. The molecule has 0 spiro atoms. The third-order valence-electron chi connectivity index (χ3n) is 5.38. The van der Waals surface area contributed by atoms with Gasteiger partial charge >= 0.3 is 0 Å². The highest BCUT2D eigenvalue weighted by Gasteiger charge is 2.15. The van der Waals surface area contributed by atoms with Crippen molar-refractivity contribution in [2.45, 2.75) is 0 Å². The molecule has 174 valence electrons. The molecule has 1 aliphatic rings. The molecule has 0 atom stereocenters. The summed E-state index contributed by atoms with van der Waals surface area (Å²) < 4.78 is 18.8. The summed E-state index contributed by atoms with van der Waals surface area (Å²) in [4.78, 5) is 14.7. The Morgan fingerprint density at radius 3 is 2.64 bits per heavy atom. The molecule has 1 aromatic heterocycles. The van der Waals surface area contributed by atoms with Gasteiger partial charge in [-0.1, -0.05) is 0 Å². The van der Waals surface area contributed by atoms with Gasteiger partial charge in [-0.15, -0.1) is 0 Å². The van der Waals surface area contributed by atoms with E-state index in [9.17, 15) is 4.79 Å². The largest absolute Gasteiger partial charge is 0.492 e. The monoisotopic (exact) mass is 451 g/mol. The number of morpholine rings is 1. The summed E-state index contributed by atoms with van der Waals surface area (Å²) >= 11 is 0. The highest BCUT2D eigenvalue weighted by Crippen LogP contribution is 2.32. The van der Waals surface area contributed by atoms with Crippen LogP contribution < -0.4 is 20.5 Å². The zero-order valence-corrected chi connectivity index (χ0v) is 18.7. The number of ether oxygens (including phenoxy) is 3. The van der Waals surface area contributed by atoms with E-state index in [0.717, 1.165) is 49.9 Å². The van der Waals surface area contributed by atoms with Crippen molar-refractivity contribution in [3.05, 3.63) is 54.7 Å². The van der Waals surface area contributed by atoms with Gasteiger partial charge in [0.1, 0.15) is 18.1 Å². The number of hydrogen-bond acceptors (Lipinski definition) is 7. The number of benzene rings is 2. The van der Waals surface area contributed by atoms with Crippen LogP contribution in [-0.2, 0) is 16.6 Å². The number of aryl methyl sites for hydroxylation is 1. The highest BCUT2D eigenvalue weighted by molar-refractivity contribution is 5.93. The number of nitrogens with two attached hydrogens (primary N) is 1. The molecule has 4 rings (SSSR count). The van der Waals surface area contributed by atoms with Gasteiger partial charge in [0.25, 0.3) is 5.91 Å². The van der Waals surface area contributed by atoms with Crippen LogP contribution in [0.2, 0.25) is 0 Å². The maximum atomic E-state index is 12.4. The van der Waals surface area contributed by atoms with Gasteiger partial charge in [0.05, 0.1) is 18.9 Å². The molecule has 2 aromatic carbocycles. The fourth-order valence-electron chi connectivity index (χ4n) is 3.59. The van der Waals surface area contributed by atoms with Crippen molar-refractivity contribution < 1.29 is 19.0 Å². The maximum absolute atomic E-state index is 12.4. The Kier molecular flexibility index (Phi) is 7.43. The minimum Gasteiger partial charge on any atom is -0.492 e. The molecule has 9 heteroatoms. The molecular formula is C24H29N5O4. The van der Waals surface area contributed by atoms with Crippen LogP contribution in [0.25, 0.3) is 11.3 Å². The number of amides is 1. The van der Waals surface area contributed by atoms with Crippen molar-refractivity contribution in [2.75, 3.05) is 57.1 Å². The maximum Gasteiger partial charge on any atom is 0.262 e. The lowest BCUT2D eigenvalue weighted by molar-refractivity contribution is -0.118. The average molecular weight is 452 g/mol. The predicted molar refractivity (Wildman–Crippen MR) is 126 cm³/mol. The zero-order valence-electron chi connectivity index (χ0n) is 18.7. The molecule has 1 fully saturated rings. The number of nitrogen functional groups attached to an aromatic ring is 1. The Morgan fingerprint density at radius 1 is 1.12 bits per heavy atom. The van der Waals surface area contributed by atoms with Crippen molar-refractivity contribution >= 4 is 17.3 Å². The average Bonchev–Trinajstić information content (AvgIpc) is 3.26. The molecule has 0 radical (unpaired) electrons.